The molecule has 0 atom stereocenters. The number of fused-ring (bicyclic) bond motifs is 1. The lowest BCUT2D eigenvalue weighted by Gasteiger charge is -2.17. The molecule has 1 aromatic carbocycles. The van der Waals surface area contributed by atoms with Crippen molar-refractivity contribution >= 4 is 22.6 Å². The van der Waals surface area contributed by atoms with Crippen LogP contribution < -0.4 is 4.90 Å². The Balaban J connectivity index is 2.00. The van der Waals surface area contributed by atoms with Crippen molar-refractivity contribution < 1.29 is 4.79 Å². The number of rotatable bonds is 2. The van der Waals surface area contributed by atoms with Gasteiger partial charge in [-0.25, -0.2) is 4.98 Å². The molecule has 5 heteroatoms. The first kappa shape index (κ1) is 13.3. The molecule has 3 aromatic rings. The maximum Gasteiger partial charge on any atom is 0.259 e. The van der Waals surface area contributed by atoms with Gasteiger partial charge in [0.15, 0.2) is 5.65 Å². The fourth-order valence-electron chi connectivity index (χ4n) is 2.39. The van der Waals surface area contributed by atoms with E-state index in [-0.39, 0.29) is 5.91 Å². The van der Waals surface area contributed by atoms with Crippen LogP contribution in [0, 0.1) is 6.92 Å². The second-order valence-electron chi connectivity index (χ2n) is 5.00. The molecule has 0 fully saturated rings. The Bertz CT molecular complexity index is 808. The van der Waals surface area contributed by atoms with Crippen LogP contribution >= 0.6 is 0 Å². The average molecular weight is 280 g/mol. The highest BCUT2D eigenvalue weighted by Crippen LogP contribution is 2.19. The first-order valence-corrected chi connectivity index (χ1v) is 6.70. The summed E-state index contributed by atoms with van der Waals surface area (Å²) in [7, 11) is 3.61. The van der Waals surface area contributed by atoms with E-state index in [1.807, 2.05) is 50.4 Å². The molecule has 0 radical (unpaired) electrons. The normalized spacial score (nSPS) is 10.8. The molecule has 0 unspecified atom stereocenters. The topological polar surface area (TPSA) is 51.0 Å². The standard InChI is InChI=1S/C16H16N4O/c1-11-14-9-12(10-17-15(14)20(3)18-11)16(21)19(2)13-7-5-4-6-8-13/h4-10H,1-3H3. The summed E-state index contributed by atoms with van der Waals surface area (Å²) in [5.41, 5.74) is 3.07. The third kappa shape index (κ3) is 2.27. The number of hydrogen-bond acceptors (Lipinski definition) is 3. The summed E-state index contributed by atoms with van der Waals surface area (Å²) in [6.07, 6.45) is 1.60. The number of amides is 1. The molecular formula is C16H16N4O. The van der Waals surface area contributed by atoms with Gasteiger partial charge in [0.25, 0.3) is 5.91 Å². The van der Waals surface area contributed by atoms with E-state index in [0.717, 1.165) is 22.4 Å². The van der Waals surface area contributed by atoms with Crippen LogP contribution in [0.1, 0.15) is 16.1 Å². The number of aryl methyl sites for hydroxylation is 2. The van der Waals surface area contributed by atoms with Gasteiger partial charge in [-0.3, -0.25) is 9.48 Å². The maximum absolute atomic E-state index is 12.6. The van der Waals surface area contributed by atoms with Gasteiger partial charge in [-0.05, 0) is 25.1 Å². The number of para-hydroxylation sites is 1. The minimum Gasteiger partial charge on any atom is -0.311 e. The molecule has 0 saturated heterocycles. The molecule has 21 heavy (non-hydrogen) atoms. The molecule has 0 bridgehead atoms. The van der Waals surface area contributed by atoms with Crippen molar-refractivity contribution in [1.29, 1.82) is 0 Å². The van der Waals surface area contributed by atoms with Crippen molar-refractivity contribution in [2.75, 3.05) is 11.9 Å². The molecule has 2 heterocycles. The van der Waals surface area contributed by atoms with Gasteiger partial charge in [0.05, 0.1) is 11.3 Å². The second kappa shape index (κ2) is 5.01. The fourth-order valence-corrected chi connectivity index (χ4v) is 2.39. The Morgan fingerprint density at radius 2 is 1.95 bits per heavy atom. The molecule has 5 nitrogen and oxygen atoms in total. The number of benzene rings is 1. The van der Waals surface area contributed by atoms with E-state index in [4.69, 9.17) is 0 Å². The molecule has 0 spiro atoms. The van der Waals surface area contributed by atoms with E-state index in [9.17, 15) is 4.79 Å². The highest BCUT2D eigenvalue weighted by molar-refractivity contribution is 6.07. The maximum atomic E-state index is 12.6. The van der Waals surface area contributed by atoms with E-state index in [2.05, 4.69) is 10.1 Å². The van der Waals surface area contributed by atoms with Gasteiger partial charge in [-0.1, -0.05) is 18.2 Å². The third-order valence-electron chi connectivity index (χ3n) is 3.56. The van der Waals surface area contributed by atoms with Gasteiger partial charge in [-0.15, -0.1) is 0 Å². The fraction of sp³-hybridized carbons (Fsp3) is 0.188. The zero-order chi connectivity index (χ0) is 15.0. The van der Waals surface area contributed by atoms with Gasteiger partial charge >= 0.3 is 0 Å². The molecule has 1 amide bonds. The second-order valence-corrected chi connectivity index (χ2v) is 5.00. The number of carbonyl (C=O) groups is 1. The van der Waals surface area contributed by atoms with Crippen LogP contribution in [-0.4, -0.2) is 27.7 Å². The third-order valence-corrected chi connectivity index (χ3v) is 3.56. The zero-order valence-electron chi connectivity index (χ0n) is 12.2. The Morgan fingerprint density at radius 3 is 2.67 bits per heavy atom. The Morgan fingerprint density at radius 1 is 1.24 bits per heavy atom. The van der Waals surface area contributed by atoms with Crippen molar-refractivity contribution in [2.24, 2.45) is 7.05 Å². The van der Waals surface area contributed by atoms with Gasteiger partial charge < -0.3 is 4.90 Å². The predicted octanol–water partition coefficient (Wildman–Crippen LogP) is 2.55. The lowest BCUT2D eigenvalue weighted by molar-refractivity contribution is 0.0993. The number of hydrogen-bond donors (Lipinski definition) is 0. The summed E-state index contributed by atoms with van der Waals surface area (Å²) in [5, 5.41) is 5.23. The molecule has 3 rings (SSSR count). The lowest BCUT2D eigenvalue weighted by atomic mass is 10.2. The van der Waals surface area contributed by atoms with Crippen LogP contribution in [0.2, 0.25) is 0 Å². The zero-order valence-corrected chi connectivity index (χ0v) is 12.2. The highest BCUT2D eigenvalue weighted by atomic mass is 16.2. The molecule has 0 aliphatic heterocycles. The quantitative estimate of drug-likeness (QED) is 0.725. The first-order chi connectivity index (χ1) is 10.1. The largest absolute Gasteiger partial charge is 0.311 e. The Hall–Kier alpha value is -2.69. The SMILES string of the molecule is Cc1nn(C)c2ncc(C(=O)N(C)c3ccccc3)cc12. The molecular weight excluding hydrogens is 264 g/mol. The van der Waals surface area contributed by atoms with E-state index in [0.29, 0.717) is 5.56 Å². The van der Waals surface area contributed by atoms with Crippen LogP contribution in [0.25, 0.3) is 11.0 Å². The van der Waals surface area contributed by atoms with E-state index in [1.54, 1.807) is 22.8 Å². The minimum atomic E-state index is -0.0844. The number of aromatic nitrogens is 3. The highest BCUT2D eigenvalue weighted by Gasteiger charge is 2.16. The first-order valence-electron chi connectivity index (χ1n) is 6.70. The van der Waals surface area contributed by atoms with Crippen molar-refractivity contribution in [1.82, 2.24) is 14.8 Å². The molecule has 106 valence electrons. The number of pyridine rings is 1. The molecule has 2 aromatic heterocycles. The van der Waals surface area contributed by atoms with Crippen LogP contribution in [0.5, 0.6) is 0 Å². The summed E-state index contributed by atoms with van der Waals surface area (Å²) in [6, 6.07) is 11.4. The summed E-state index contributed by atoms with van der Waals surface area (Å²) in [4.78, 5) is 18.5. The number of anilines is 1. The van der Waals surface area contributed by atoms with E-state index in [1.165, 1.54) is 0 Å². The minimum absolute atomic E-state index is 0.0844. The van der Waals surface area contributed by atoms with Crippen LogP contribution in [0.3, 0.4) is 0 Å². The summed E-state index contributed by atoms with van der Waals surface area (Å²) in [5.74, 6) is -0.0844. The number of carbonyl (C=O) groups excluding carboxylic acids is 1. The predicted molar refractivity (Wildman–Crippen MR) is 82.4 cm³/mol. The van der Waals surface area contributed by atoms with Crippen molar-refractivity contribution in [3.05, 3.63) is 53.9 Å². The van der Waals surface area contributed by atoms with Gasteiger partial charge in [0, 0.05) is 31.4 Å². The van der Waals surface area contributed by atoms with Crippen molar-refractivity contribution in [2.45, 2.75) is 6.92 Å². The Labute approximate surface area is 122 Å². The molecule has 0 N–H and O–H groups in total. The lowest BCUT2D eigenvalue weighted by Crippen LogP contribution is -2.26. The van der Waals surface area contributed by atoms with Crippen LogP contribution in [0.15, 0.2) is 42.6 Å². The molecule has 0 aliphatic rings. The van der Waals surface area contributed by atoms with Gasteiger partial charge in [0.2, 0.25) is 0 Å². The summed E-state index contributed by atoms with van der Waals surface area (Å²) < 4.78 is 1.72. The van der Waals surface area contributed by atoms with Crippen molar-refractivity contribution in [3.8, 4) is 0 Å². The molecule has 0 saturated carbocycles. The Kier molecular flexibility index (Phi) is 3.17. The number of nitrogens with zero attached hydrogens (tertiary/aromatic N) is 4. The van der Waals surface area contributed by atoms with Crippen LogP contribution in [-0.2, 0) is 7.05 Å². The van der Waals surface area contributed by atoms with Crippen LogP contribution in [0.4, 0.5) is 5.69 Å². The van der Waals surface area contributed by atoms with Crippen molar-refractivity contribution in [3.63, 3.8) is 0 Å². The summed E-state index contributed by atoms with van der Waals surface area (Å²) >= 11 is 0. The van der Waals surface area contributed by atoms with Gasteiger partial charge in [-0.2, -0.15) is 5.10 Å². The van der Waals surface area contributed by atoms with Gasteiger partial charge in [0.1, 0.15) is 0 Å². The van der Waals surface area contributed by atoms with E-state index < -0.39 is 0 Å². The monoisotopic (exact) mass is 280 g/mol. The van der Waals surface area contributed by atoms with E-state index >= 15 is 0 Å². The average Bonchev–Trinajstić information content (AvgIpc) is 2.81. The molecule has 0 aliphatic carbocycles. The summed E-state index contributed by atoms with van der Waals surface area (Å²) in [6.45, 7) is 1.92. The smallest absolute Gasteiger partial charge is 0.259 e.